The van der Waals surface area contributed by atoms with E-state index in [2.05, 4.69) is 21.9 Å². The summed E-state index contributed by atoms with van der Waals surface area (Å²) in [5.74, 6) is 0.322. The molecule has 7 heteroatoms. The summed E-state index contributed by atoms with van der Waals surface area (Å²) in [4.78, 5) is 4.12. The van der Waals surface area contributed by atoms with Crippen LogP contribution in [0.4, 0.5) is 11.5 Å². The molecule has 0 spiro atoms. The average molecular weight is 325 g/mol. The third-order valence-corrected chi connectivity index (χ3v) is 5.62. The van der Waals surface area contributed by atoms with E-state index in [1.54, 1.807) is 29.8 Å². The van der Waals surface area contributed by atoms with Crippen molar-refractivity contribution in [3.63, 3.8) is 0 Å². The fourth-order valence-electron chi connectivity index (χ4n) is 1.77. The highest BCUT2D eigenvalue weighted by molar-refractivity contribution is 7.94. The van der Waals surface area contributed by atoms with Crippen LogP contribution in [0.15, 0.2) is 40.1 Å². The fraction of sp³-hybridized carbons (Fsp3) is 0.357. The van der Waals surface area contributed by atoms with Gasteiger partial charge in [-0.3, -0.25) is 4.72 Å². The first-order valence-electron chi connectivity index (χ1n) is 6.88. The van der Waals surface area contributed by atoms with Crippen LogP contribution >= 0.6 is 11.3 Å². The summed E-state index contributed by atoms with van der Waals surface area (Å²) >= 11 is 1.18. The molecule has 0 saturated carbocycles. The molecule has 0 fully saturated rings. The molecular formula is C14H19N3O2S2. The van der Waals surface area contributed by atoms with Crippen LogP contribution in [0.25, 0.3) is 0 Å². The summed E-state index contributed by atoms with van der Waals surface area (Å²) in [6.07, 6.45) is 5.13. The second kappa shape index (κ2) is 7.42. The van der Waals surface area contributed by atoms with Gasteiger partial charge in [-0.1, -0.05) is 25.8 Å². The SMILES string of the molecule is CCCCCNc1ccc(NS(=O)(=O)c2cccs2)nc1. The van der Waals surface area contributed by atoms with E-state index in [4.69, 9.17) is 0 Å². The normalized spacial score (nSPS) is 11.3. The minimum absolute atomic E-state index is 0.283. The van der Waals surface area contributed by atoms with E-state index in [0.717, 1.165) is 18.7 Å². The maximum Gasteiger partial charge on any atom is 0.272 e. The van der Waals surface area contributed by atoms with E-state index in [1.807, 2.05) is 6.07 Å². The number of nitrogens with one attached hydrogen (secondary N) is 2. The Morgan fingerprint density at radius 2 is 2.10 bits per heavy atom. The van der Waals surface area contributed by atoms with Crippen LogP contribution in [0, 0.1) is 0 Å². The van der Waals surface area contributed by atoms with Crippen molar-refractivity contribution in [1.82, 2.24) is 4.98 Å². The van der Waals surface area contributed by atoms with Gasteiger partial charge in [-0.15, -0.1) is 11.3 Å². The first kappa shape index (κ1) is 15.8. The molecule has 0 aliphatic rings. The van der Waals surface area contributed by atoms with Crippen LogP contribution in [-0.4, -0.2) is 19.9 Å². The van der Waals surface area contributed by atoms with E-state index < -0.39 is 10.0 Å². The second-order valence-electron chi connectivity index (χ2n) is 4.60. The number of rotatable bonds is 8. The predicted molar refractivity (Wildman–Crippen MR) is 87.4 cm³/mol. The molecule has 0 unspecified atom stereocenters. The number of unbranched alkanes of at least 4 members (excludes halogenated alkanes) is 2. The van der Waals surface area contributed by atoms with Crippen LogP contribution in [0.5, 0.6) is 0 Å². The Bertz CT molecular complexity index is 637. The maximum atomic E-state index is 12.0. The van der Waals surface area contributed by atoms with Gasteiger partial charge < -0.3 is 5.32 Å². The molecule has 2 aromatic heterocycles. The van der Waals surface area contributed by atoms with Gasteiger partial charge in [-0.25, -0.2) is 13.4 Å². The van der Waals surface area contributed by atoms with Crippen LogP contribution in [0.3, 0.4) is 0 Å². The molecule has 0 radical (unpaired) electrons. The number of thiophene rings is 1. The molecule has 0 bridgehead atoms. The Kier molecular flexibility index (Phi) is 5.58. The van der Waals surface area contributed by atoms with E-state index in [-0.39, 0.29) is 4.21 Å². The van der Waals surface area contributed by atoms with Crippen molar-refractivity contribution in [2.24, 2.45) is 0 Å². The lowest BCUT2D eigenvalue weighted by Crippen LogP contribution is -2.12. The van der Waals surface area contributed by atoms with Crippen molar-refractivity contribution in [2.45, 2.75) is 30.4 Å². The Balaban J connectivity index is 1.93. The summed E-state index contributed by atoms with van der Waals surface area (Å²) in [5, 5.41) is 4.99. The minimum Gasteiger partial charge on any atom is -0.384 e. The van der Waals surface area contributed by atoms with Gasteiger partial charge in [0.05, 0.1) is 11.9 Å². The zero-order valence-electron chi connectivity index (χ0n) is 11.9. The number of nitrogens with zero attached hydrogens (tertiary/aromatic N) is 1. The zero-order chi connectivity index (χ0) is 15.1. The van der Waals surface area contributed by atoms with Gasteiger partial charge in [0.15, 0.2) is 0 Å². The van der Waals surface area contributed by atoms with Crippen molar-refractivity contribution in [3.8, 4) is 0 Å². The number of hydrogen-bond acceptors (Lipinski definition) is 5. The second-order valence-corrected chi connectivity index (χ2v) is 7.46. The lowest BCUT2D eigenvalue weighted by Gasteiger charge is -2.08. The molecule has 2 heterocycles. The molecule has 0 amide bonds. The number of pyridine rings is 1. The summed E-state index contributed by atoms with van der Waals surface area (Å²) in [6.45, 7) is 3.06. The van der Waals surface area contributed by atoms with Crippen LogP contribution < -0.4 is 10.0 Å². The van der Waals surface area contributed by atoms with Gasteiger partial charge in [0.1, 0.15) is 10.0 Å². The van der Waals surface area contributed by atoms with Crippen molar-refractivity contribution in [3.05, 3.63) is 35.8 Å². The van der Waals surface area contributed by atoms with Crippen LogP contribution in [0.2, 0.25) is 0 Å². The molecule has 5 nitrogen and oxygen atoms in total. The van der Waals surface area contributed by atoms with E-state index >= 15 is 0 Å². The van der Waals surface area contributed by atoms with Gasteiger partial charge in [0.2, 0.25) is 0 Å². The quantitative estimate of drug-likeness (QED) is 0.728. The molecule has 2 aromatic rings. The number of sulfonamides is 1. The van der Waals surface area contributed by atoms with E-state index in [0.29, 0.717) is 5.82 Å². The molecule has 114 valence electrons. The smallest absolute Gasteiger partial charge is 0.272 e. The van der Waals surface area contributed by atoms with E-state index in [1.165, 1.54) is 24.2 Å². The van der Waals surface area contributed by atoms with Crippen molar-refractivity contribution >= 4 is 32.9 Å². The molecular weight excluding hydrogens is 306 g/mol. The van der Waals surface area contributed by atoms with Crippen molar-refractivity contribution < 1.29 is 8.42 Å². The Hall–Kier alpha value is -1.60. The fourth-order valence-corrected chi connectivity index (χ4v) is 3.77. The molecule has 0 saturated heterocycles. The highest BCUT2D eigenvalue weighted by Crippen LogP contribution is 2.19. The largest absolute Gasteiger partial charge is 0.384 e. The molecule has 0 aliphatic carbocycles. The Morgan fingerprint density at radius 3 is 2.71 bits per heavy atom. The zero-order valence-corrected chi connectivity index (χ0v) is 13.5. The molecule has 0 atom stereocenters. The minimum atomic E-state index is -3.52. The molecule has 21 heavy (non-hydrogen) atoms. The summed E-state index contributed by atoms with van der Waals surface area (Å²) < 4.78 is 26.8. The topological polar surface area (TPSA) is 71.1 Å². The summed E-state index contributed by atoms with van der Waals surface area (Å²) in [5.41, 5.74) is 0.894. The van der Waals surface area contributed by atoms with Gasteiger partial charge >= 0.3 is 0 Å². The first-order chi connectivity index (χ1) is 10.1. The van der Waals surface area contributed by atoms with Crippen molar-refractivity contribution in [2.75, 3.05) is 16.6 Å². The standard InChI is InChI=1S/C14H19N3O2S2/c1-2-3-4-9-15-12-7-8-13(16-11-12)17-21(18,19)14-6-5-10-20-14/h5-8,10-11,15H,2-4,9H2,1H3,(H,16,17). The molecule has 0 aromatic carbocycles. The van der Waals surface area contributed by atoms with Gasteiger partial charge in [-0.05, 0) is 30.0 Å². The third kappa shape index (κ3) is 4.71. The van der Waals surface area contributed by atoms with Crippen molar-refractivity contribution in [1.29, 1.82) is 0 Å². The third-order valence-electron chi connectivity index (χ3n) is 2.87. The van der Waals surface area contributed by atoms with Gasteiger partial charge in [0, 0.05) is 6.54 Å². The molecule has 2 rings (SSSR count). The Morgan fingerprint density at radius 1 is 1.24 bits per heavy atom. The van der Waals surface area contributed by atoms with E-state index in [9.17, 15) is 8.42 Å². The molecule has 0 aliphatic heterocycles. The number of hydrogen-bond donors (Lipinski definition) is 2. The van der Waals surface area contributed by atoms with Gasteiger partial charge in [0.25, 0.3) is 10.0 Å². The van der Waals surface area contributed by atoms with Crippen LogP contribution in [-0.2, 0) is 10.0 Å². The number of anilines is 2. The molecule has 2 N–H and O–H groups in total. The highest BCUT2D eigenvalue weighted by Gasteiger charge is 2.15. The average Bonchev–Trinajstić information content (AvgIpc) is 3.00. The monoisotopic (exact) mass is 325 g/mol. The van der Waals surface area contributed by atoms with Gasteiger partial charge in [-0.2, -0.15) is 0 Å². The lowest BCUT2D eigenvalue weighted by molar-refractivity contribution is 0.603. The first-order valence-corrected chi connectivity index (χ1v) is 9.24. The number of aromatic nitrogens is 1. The van der Waals surface area contributed by atoms with Crippen LogP contribution in [0.1, 0.15) is 26.2 Å². The maximum absolute atomic E-state index is 12.0. The summed E-state index contributed by atoms with van der Waals surface area (Å²) in [7, 11) is -3.52. The predicted octanol–water partition coefficient (Wildman–Crippen LogP) is 3.55. The summed E-state index contributed by atoms with van der Waals surface area (Å²) in [6, 6.07) is 6.76. The lowest BCUT2D eigenvalue weighted by atomic mass is 10.2. The Labute approximate surface area is 129 Å². The highest BCUT2D eigenvalue weighted by atomic mass is 32.2.